The van der Waals surface area contributed by atoms with E-state index in [-0.39, 0.29) is 29.0 Å². The van der Waals surface area contributed by atoms with E-state index in [1.807, 2.05) is 16.7 Å². The number of urea groups is 1. The SMILES string of the molecule is CCOC[C@@]12CCN(c3ccc(C#N)c(C(F)(F)F)c3)C[C@@H]1CN(C(=O)NC1CCCC1)C2. The molecule has 0 radical (unpaired) electrons. The third-order valence-corrected chi connectivity index (χ3v) is 7.49. The van der Waals surface area contributed by atoms with E-state index >= 15 is 0 Å². The predicted molar refractivity (Wildman–Crippen MR) is 118 cm³/mol. The molecule has 9 heteroatoms. The van der Waals surface area contributed by atoms with Gasteiger partial charge in [0, 0.05) is 55.8 Å². The smallest absolute Gasteiger partial charge is 0.381 e. The number of nitrogens with zero attached hydrogens (tertiary/aromatic N) is 3. The number of amides is 2. The van der Waals surface area contributed by atoms with E-state index in [0.717, 1.165) is 38.2 Å². The van der Waals surface area contributed by atoms with E-state index in [1.165, 1.54) is 6.07 Å². The van der Waals surface area contributed by atoms with Crippen molar-refractivity contribution in [3.8, 4) is 6.07 Å². The Labute approximate surface area is 192 Å². The van der Waals surface area contributed by atoms with E-state index in [9.17, 15) is 18.0 Å². The van der Waals surface area contributed by atoms with E-state index in [0.29, 0.717) is 45.1 Å². The average Bonchev–Trinajstić information content (AvgIpc) is 3.44. The lowest BCUT2D eigenvalue weighted by Crippen LogP contribution is -2.49. The zero-order valence-corrected chi connectivity index (χ0v) is 19.0. The first-order valence-electron chi connectivity index (χ1n) is 11.8. The highest BCUT2D eigenvalue weighted by Gasteiger charge is 2.51. The van der Waals surface area contributed by atoms with E-state index in [1.54, 1.807) is 12.1 Å². The van der Waals surface area contributed by atoms with Crippen molar-refractivity contribution in [3.05, 3.63) is 29.3 Å². The Bertz CT molecular complexity index is 910. The Kier molecular flexibility index (Phi) is 6.76. The summed E-state index contributed by atoms with van der Waals surface area (Å²) in [5.74, 6) is 0.0945. The second-order valence-corrected chi connectivity index (χ2v) is 9.54. The normalized spacial score (nSPS) is 25.7. The number of anilines is 1. The molecule has 0 bridgehead atoms. The number of fused-ring (bicyclic) bond motifs is 1. The zero-order valence-electron chi connectivity index (χ0n) is 19.0. The number of ether oxygens (including phenoxy) is 1. The Hall–Kier alpha value is -2.47. The average molecular weight is 465 g/mol. The molecule has 1 saturated carbocycles. The summed E-state index contributed by atoms with van der Waals surface area (Å²) in [6.45, 7) is 5.34. The third kappa shape index (κ3) is 4.91. The summed E-state index contributed by atoms with van der Waals surface area (Å²) in [6, 6.07) is 5.74. The highest BCUT2D eigenvalue weighted by Crippen LogP contribution is 2.45. The second-order valence-electron chi connectivity index (χ2n) is 9.54. The lowest BCUT2D eigenvalue weighted by Gasteiger charge is -2.44. The zero-order chi connectivity index (χ0) is 23.6. The Morgan fingerprint density at radius 3 is 2.73 bits per heavy atom. The van der Waals surface area contributed by atoms with Gasteiger partial charge in [-0.25, -0.2) is 4.79 Å². The number of carbonyl (C=O) groups excluding carboxylic acids is 1. The van der Waals surface area contributed by atoms with Gasteiger partial charge in [0.1, 0.15) is 0 Å². The molecular formula is C24H31F3N4O2. The fourth-order valence-electron chi connectivity index (χ4n) is 5.61. The van der Waals surface area contributed by atoms with Crippen LogP contribution in [0.5, 0.6) is 0 Å². The maximum atomic E-state index is 13.5. The summed E-state index contributed by atoms with van der Waals surface area (Å²) in [5, 5.41) is 12.2. The van der Waals surface area contributed by atoms with Crippen LogP contribution in [0.4, 0.5) is 23.7 Å². The molecule has 3 fully saturated rings. The van der Waals surface area contributed by atoms with Gasteiger partial charge in [-0.2, -0.15) is 18.4 Å². The molecule has 2 amide bonds. The number of likely N-dealkylation sites (tertiary alicyclic amines) is 1. The van der Waals surface area contributed by atoms with Gasteiger partial charge in [-0.3, -0.25) is 0 Å². The number of carbonyl (C=O) groups is 1. The topological polar surface area (TPSA) is 68.6 Å². The minimum atomic E-state index is -4.59. The molecule has 4 rings (SSSR count). The number of alkyl halides is 3. The number of rotatable bonds is 5. The Morgan fingerprint density at radius 2 is 2.06 bits per heavy atom. The van der Waals surface area contributed by atoms with Crippen LogP contribution in [0.2, 0.25) is 0 Å². The van der Waals surface area contributed by atoms with Gasteiger partial charge in [0.15, 0.2) is 0 Å². The molecule has 1 aromatic rings. The van der Waals surface area contributed by atoms with Crippen LogP contribution in [0.25, 0.3) is 0 Å². The number of hydrogen-bond acceptors (Lipinski definition) is 4. The molecule has 1 aliphatic carbocycles. The molecule has 6 nitrogen and oxygen atoms in total. The van der Waals surface area contributed by atoms with Crippen molar-refractivity contribution in [2.75, 3.05) is 44.3 Å². The van der Waals surface area contributed by atoms with Crippen molar-refractivity contribution < 1.29 is 22.7 Å². The van der Waals surface area contributed by atoms with Crippen LogP contribution in [0.1, 0.15) is 50.2 Å². The molecule has 3 aliphatic rings. The first-order chi connectivity index (χ1) is 15.8. The summed E-state index contributed by atoms with van der Waals surface area (Å²) < 4.78 is 46.2. The second kappa shape index (κ2) is 9.41. The van der Waals surface area contributed by atoms with E-state index in [4.69, 9.17) is 10.00 Å². The standard InChI is InChI=1S/C24H31F3N4O2/c1-2-33-16-23-9-10-30(20-8-7-17(12-28)21(11-20)24(25,26)27)13-18(23)14-31(15-23)22(32)29-19-5-3-4-6-19/h7-8,11,18-19H,2-6,9-10,13-16H2,1H3,(H,29,32)/t18-,23+/m1/s1. The highest BCUT2D eigenvalue weighted by molar-refractivity contribution is 5.75. The number of nitriles is 1. The summed E-state index contributed by atoms with van der Waals surface area (Å²) in [7, 11) is 0. The van der Waals surface area contributed by atoms with Crippen molar-refractivity contribution in [1.29, 1.82) is 5.26 Å². The minimum absolute atomic E-state index is 0.0449. The van der Waals surface area contributed by atoms with Crippen LogP contribution in [0, 0.1) is 22.7 Å². The summed E-state index contributed by atoms with van der Waals surface area (Å²) in [4.78, 5) is 16.8. The molecule has 0 unspecified atom stereocenters. The molecule has 2 aliphatic heterocycles. The van der Waals surface area contributed by atoms with Gasteiger partial charge in [-0.1, -0.05) is 12.8 Å². The van der Waals surface area contributed by atoms with Crippen molar-refractivity contribution >= 4 is 11.7 Å². The quantitative estimate of drug-likeness (QED) is 0.702. The van der Waals surface area contributed by atoms with Crippen molar-refractivity contribution in [1.82, 2.24) is 10.2 Å². The number of piperidine rings is 1. The Balaban J connectivity index is 1.52. The van der Waals surface area contributed by atoms with E-state index in [2.05, 4.69) is 5.32 Å². The van der Waals surface area contributed by atoms with Crippen LogP contribution in [-0.4, -0.2) is 56.4 Å². The maximum Gasteiger partial charge on any atom is 0.417 e. The number of benzene rings is 1. The number of hydrogen-bond donors (Lipinski definition) is 1. The van der Waals surface area contributed by atoms with E-state index < -0.39 is 11.7 Å². The van der Waals surface area contributed by atoms with Gasteiger partial charge in [-0.15, -0.1) is 0 Å². The molecule has 33 heavy (non-hydrogen) atoms. The van der Waals surface area contributed by atoms with Gasteiger partial charge >= 0.3 is 12.2 Å². The largest absolute Gasteiger partial charge is 0.417 e. The lowest BCUT2D eigenvalue weighted by atomic mass is 9.73. The molecule has 1 aromatic carbocycles. The first kappa shape index (κ1) is 23.7. The van der Waals surface area contributed by atoms with Crippen LogP contribution >= 0.6 is 0 Å². The van der Waals surface area contributed by atoms with Gasteiger partial charge in [0.25, 0.3) is 0 Å². The number of halogens is 3. The van der Waals surface area contributed by atoms with Gasteiger partial charge < -0.3 is 19.9 Å². The lowest BCUT2D eigenvalue weighted by molar-refractivity contribution is -0.137. The molecule has 1 N–H and O–H groups in total. The molecule has 0 spiro atoms. The molecule has 0 aromatic heterocycles. The summed E-state index contributed by atoms with van der Waals surface area (Å²) in [5.41, 5.74) is -1.01. The van der Waals surface area contributed by atoms with Gasteiger partial charge in [0.05, 0.1) is 23.8 Å². The van der Waals surface area contributed by atoms with Crippen molar-refractivity contribution in [2.45, 2.75) is 51.2 Å². The molecule has 2 heterocycles. The molecular weight excluding hydrogens is 433 g/mol. The molecule has 2 saturated heterocycles. The van der Waals surface area contributed by atoms with Crippen LogP contribution in [0.3, 0.4) is 0 Å². The summed E-state index contributed by atoms with van der Waals surface area (Å²) >= 11 is 0. The maximum absolute atomic E-state index is 13.5. The van der Waals surface area contributed by atoms with Crippen LogP contribution in [0.15, 0.2) is 18.2 Å². The molecule has 180 valence electrons. The van der Waals surface area contributed by atoms with Crippen molar-refractivity contribution in [2.24, 2.45) is 11.3 Å². The van der Waals surface area contributed by atoms with Crippen molar-refractivity contribution in [3.63, 3.8) is 0 Å². The fourth-order valence-corrected chi connectivity index (χ4v) is 5.61. The predicted octanol–water partition coefficient (Wildman–Crippen LogP) is 4.39. The van der Waals surface area contributed by atoms with Crippen LogP contribution < -0.4 is 10.2 Å². The highest BCUT2D eigenvalue weighted by atomic mass is 19.4. The fraction of sp³-hybridized carbons (Fsp3) is 0.667. The molecule has 2 atom stereocenters. The minimum Gasteiger partial charge on any atom is -0.381 e. The third-order valence-electron chi connectivity index (χ3n) is 7.49. The Morgan fingerprint density at radius 1 is 1.30 bits per heavy atom. The van der Waals surface area contributed by atoms with Gasteiger partial charge in [-0.05, 0) is 44.4 Å². The monoisotopic (exact) mass is 464 g/mol. The van der Waals surface area contributed by atoms with Gasteiger partial charge in [0.2, 0.25) is 0 Å². The van der Waals surface area contributed by atoms with Crippen LogP contribution in [-0.2, 0) is 10.9 Å². The number of nitrogens with one attached hydrogen (secondary N) is 1. The first-order valence-corrected chi connectivity index (χ1v) is 11.8. The summed E-state index contributed by atoms with van der Waals surface area (Å²) in [6.07, 6.45) is 0.454.